The summed E-state index contributed by atoms with van der Waals surface area (Å²) in [6.45, 7) is -0.0696. The van der Waals surface area contributed by atoms with Crippen molar-refractivity contribution in [2.45, 2.75) is 6.61 Å². The van der Waals surface area contributed by atoms with Crippen molar-refractivity contribution in [1.82, 2.24) is 15.0 Å². The number of aromatic nitrogens is 3. The normalized spacial score (nSPS) is 10.1. The minimum absolute atomic E-state index is 0.00941. The SMILES string of the molecule is COc1nc(N)nc(Oc2cccc(CO)c2)n1. The molecule has 2 aromatic rings. The second-order valence-corrected chi connectivity index (χ2v) is 3.37. The third-order valence-corrected chi connectivity index (χ3v) is 2.08. The van der Waals surface area contributed by atoms with Crippen molar-refractivity contribution in [2.24, 2.45) is 0 Å². The third-order valence-electron chi connectivity index (χ3n) is 2.08. The summed E-state index contributed by atoms with van der Waals surface area (Å²) in [7, 11) is 1.42. The van der Waals surface area contributed by atoms with Crippen molar-refractivity contribution in [3.63, 3.8) is 0 Å². The van der Waals surface area contributed by atoms with Gasteiger partial charge in [-0.2, -0.15) is 9.97 Å². The number of rotatable bonds is 4. The van der Waals surface area contributed by atoms with Gasteiger partial charge in [0.15, 0.2) is 0 Å². The molecule has 0 amide bonds. The highest BCUT2D eigenvalue weighted by molar-refractivity contribution is 5.31. The van der Waals surface area contributed by atoms with Crippen molar-refractivity contribution >= 4 is 5.95 Å². The zero-order valence-electron chi connectivity index (χ0n) is 9.70. The fourth-order valence-corrected chi connectivity index (χ4v) is 1.30. The second kappa shape index (κ2) is 5.28. The minimum Gasteiger partial charge on any atom is -0.467 e. The van der Waals surface area contributed by atoms with E-state index in [1.54, 1.807) is 24.3 Å². The van der Waals surface area contributed by atoms with Crippen molar-refractivity contribution < 1.29 is 14.6 Å². The van der Waals surface area contributed by atoms with Gasteiger partial charge in [0.05, 0.1) is 13.7 Å². The lowest BCUT2D eigenvalue weighted by atomic mass is 10.2. The van der Waals surface area contributed by atoms with E-state index in [4.69, 9.17) is 20.3 Å². The molecule has 0 aliphatic heterocycles. The quantitative estimate of drug-likeness (QED) is 0.822. The minimum atomic E-state index is -0.0696. The van der Waals surface area contributed by atoms with Crippen LogP contribution in [-0.2, 0) is 6.61 Å². The molecule has 7 nitrogen and oxygen atoms in total. The van der Waals surface area contributed by atoms with Crippen LogP contribution in [0.25, 0.3) is 0 Å². The van der Waals surface area contributed by atoms with E-state index >= 15 is 0 Å². The molecule has 0 unspecified atom stereocenters. The maximum Gasteiger partial charge on any atom is 0.330 e. The lowest BCUT2D eigenvalue weighted by Crippen LogP contribution is -2.02. The fourth-order valence-electron chi connectivity index (χ4n) is 1.30. The molecule has 0 aliphatic rings. The van der Waals surface area contributed by atoms with Crippen LogP contribution in [0.3, 0.4) is 0 Å². The lowest BCUT2D eigenvalue weighted by Gasteiger charge is -2.06. The van der Waals surface area contributed by atoms with Crippen LogP contribution in [0.2, 0.25) is 0 Å². The van der Waals surface area contributed by atoms with E-state index in [-0.39, 0.29) is 24.6 Å². The Balaban J connectivity index is 2.24. The van der Waals surface area contributed by atoms with Crippen LogP contribution < -0.4 is 15.2 Å². The summed E-state index contributed by atoms with van der Waals surface area (Å²) >= 11 is 0. The van der Waals surface area contributed by atoms with E-state index in [1.165, 1.54) is 7.11 Å². The molecule has 94 valence electrons. The molecule has 7 heteroatoms. The molecule has 0 atom stereocenters. The van der Waals surface area contributed by atoms with E-state index in [0.717, 1.165) is 5.56 Å². The largest absolute Gasteiger partial charge is 0.467 e. The smallest absolute Gasteiger partial charge is 0.330 e. The Bertz CT molecular complexity index is 548. The molecule has 0 fully saturated rings. The Hall–Kier alpha value is -2.41. The molecule has 1 heterocycles. The maximum absolute atomic E-state index is 9.02. The number of aliphatic hydroxyl groups excluding tert-OH is 1. The molecule has 2 rings (SSSR count). The van der Waals surface area contributed by atoms with Gasteiger partial charge in [-0.05, 0) is 17.7 Å². The molecule has 0 aliphatic carbocycles. The van der Waals surface area contributed by atoms with E-state index < -0.39 is 0 Å². The molecule has 3 N–H and O–H groups in total. The topological polar surface area (TPSA) is 103 Å². The Kier molecular flexibility index (Phi) is 3.54. The predicted octanol–water partition coefficient (Wildman–Crippen LogP) is 0.747. The molecule has 0 bridgehead atoms. The Morgan fingerprint density at radius 1 is 1.22 bits per heavy atom. The second-order valence-electron chi connectivity index (χ2n) is 3.37. The van der Waals surface area contributed by atoms with Gasteiger partial charge >= 0.3 is 12.0 Å². The first-order chi connectivity index (χ1) is 8.71. The van der Waals surface area contributed by atoms with Gasteiger partial charge in [-0.25, -0.2) is 0 Å². The summed E-state index contributed by atoms with van der Waals surface area (Å²) in [6.07, 6.45) is 0. The van der Waals surface area contributed by atoms with Crippen LogP contribution in [0.15, 0.2) is 24.3 Å². The van der Waals surface area contributed by atoms with Gasteiger partial charge in [-0.3, -0.25) is 0 Å². The number of methoxy groups -OCH3 is 1. The van der Waals surface area contributed by atoms with Crippen molar-refractivity contribution in [1.29, 1.82) is 0 Å². The standard InChI is InChI=1S/C11H12N4O3/c1-17-10-13-9(12)14-11(15-10)18-8-4-2-3-7(5-8)6-16/h2-5,16H,6H2,1H3,(H2,12,13,14,15). The number of nitrogens with two attached hydrogens (primary N) is 1. The summed E-state index contributed by atoms with van der Waals surface area (Å²) in [5.74, 6) is 0.504. The Labute approximate surface area is 103 Å². The number of ether oxygens (including phenoxy) is 2. The van der Waals surface area contributed by atoms with Gasteiger partial charge in [0.2, 0.25) is 5.95 Å². The summed E-state index contributed by atoms with van der Waals surface area (Å²) in [4.78, 5) is 11.5. The van der Waals surface area contributed by atoms with Crippen molar-refractivity contribution in [3.05, 3.63) is 29.8 Å². The van der Waals surface area contributed by atoms with Gasteiger partial charge < -0.3 is 20.3 Å². The van der Waals surface area contributed by atoms with E-state index in [0.29, 0.717) is 5.75 Å². The maximum atomic E-state index is 9.02. The van der Waals surface area contributed by atoms with Crippen LogP contribution in [0, 0.1) is 0 Å². The fraction of sp³-hybridized carbons (Fsp3) is 0.182. The zero-order chi connectivity index (χ0) is 13.0. The number of nitrogens with zero attached hydrogens (tertiary/aromatic N) is 3. The Morgan fingerprint density at radius 2 is 2.00 bits per heavy atom. The van der Waals surface area contributed by atoms with E-state index in [9.17, 15) is 0 Å². The van der Waals surface area contributed by atoms with Gasteiger partial charge in [0.1, 0.15) is 5.75 Å². The van der Waals surface area contributed by atoms with Gasteiger partial charge in [0.25, 0.3) is 0 Å². The average Bonchev–Trinajstić information content (AvgIpc) is 2.38. The first kappa shape index (κ1) is 12.1. The Morgan fingerprint density at radius 3 is 2.72 bits per heavy atom. The first-order valence-electron chi connectivity index (χ1n) is 5.14. The highest BCUT2D eigenvalue weighted by atomic mass is 16.5. The molecular weight excluding hydrogens is 236 g/mol. The first-order valence-corrected chi connectivity index (χ1v) is 5.14. The van der Waals surface area contributed by atoms with Gasteiger partial charge in [0, 0.05) is 0 Å². The van der Waals surface area contributed by atoms with Crippen LogP contribution in [0.5, 0.6) is 17.8 Å². The third kappa shape index (κ3) is 2.83. The number of aliphatic hydroxyl groups is 1. The molecule has 18 heavy (non-hydrogen) atoms. The average molecular weight is 248 g/mol. The van der Waals surface area contributed by atoms with Crippen LogP contribution in [0.4, 0.5) is 5.95 Å². The molecular formula is C11H12N4O3. The molecule has 0 spiro atoms. The van der Waals surface area contributed by atoms with Crippen LogP contribution in [-0.4, -0.2) is 27.2 Å². The lowest BCUT2D eigenvalue weighted by molar-refractivity contribution is 0.281. The number of hydrogen-bond acceptors (Lipinski definition) is 7. The van der Waals surface area contributed by atoms with E-state index in [2.05, 4.69) is 15.0 Å². The van der Waals surface area contributed by atoms with Gasteiger partial charge in [-0.15, -0.1) is 4.98 Å². The molecule has 0 radical (unpaired) electrons. The summed E-state index contributed by atoms with van der Waals surface area (Å²) < 4.78 is 10.3. The number of nitrogen functional groups attached to an aromatic ring is 1. The highest BCUT2D eigenvalue weighted by Crippen LogP contribution is 2.20. The zero-order valence-corrected chi connectivity index (χ0v) is 9.70. The number of anilines is 1. The molecule has 0 saturated carbocycles. The van der Waals surface area contributed by atoms with Gasteiger partial charge in [-0.1, -0.05) is 12.1 Å². The van der Waals surface area contributed by atoms with Crippen LogP contribution in [0.1, 0.15) is 5.56 Å². The van der Waals surface area contributed by atoms with Crippen molar-refractivity contribution in [3.8, 4) is 17.8 Å². The summed E-state index contributed by atoms with van der Waals surface area (Å²) in [5, 5.41) is 9.02. The number of hydrogen-bond donors (Lipinski definition) is 2. The van der Waals surface area contributed by atoms with Crippen LogP contribution >= 0.6 is 0 Å². The van der Waals surface area contributed by atoms with E-state index in [1.807, 2.05) is 0 Å². The molecule has 1 aromatic heterocycles. The molecule has 1 aromatic carbocycles. The monoisotopic (exact) mass is 248 g/mol. The number of benzene rings is 1. The highest BCUT2D eigenvalue weighted by Gasteiger charge is 2.07. The summed E-state index contributed by atoms with van der Waals surface area (Å²) in [5.41, 5.74) is 6.21. The summed E-state index contributed by atoms with van der Waals surface area (Å²) in [6, 6.07) is 7.03. The predicted molar refractivity (Wildman–Crippen MR) is 63.2 cm³/mol. The van der Waals surface area contributed by atoms with Crippen molar-refractivity contribution in [2.75, 3.05) is 12.8 Å². The molecule has 0 saturated heterocycles.